The summed E-state index contributed by atoms with van der Waals surface area (Å²) in [5.41, 5.74) is 0. The fourth-order valence-electron chi connectivity index (χ4n) is 1.41. The molecule has 90 valence electrons. The van der Waals surface area contributed by atoms with Crippen LogP contribution in [0.15, 0.2) is 11.6 Å². The summed E-state index contributed by atoms with van der Waals surface area (Å²) in [6, 6.07) is 0. The van der Waals surface area contributed by atoms with Crippen molar-refractivity contribution in [2.45, 2.75) is 19.8 Å². The standard InChI is InChI=1S/C10H13N5OS/c1-7-12-10(15(2)14-7)13-8(16)3-4-9-11-5-6-17-9/h5-6H,3-4H2,1-2H3,(H,12,13,14,16). The smallest absolute Gasteiger partial charge is 0.227 e. The van der Waals surface area contributed by atoms with Gasteiger partial charge in [0.1, 0.15) is 5.82 Å². The van der Waals surface area contributed by atoms with Crippen molar-refractivity contribution in [3.05, 3.63) is 22.4 Å². The van der Waals surface area contributed by atoms with Crippen LogP contribution in [-0.2, 0) is 18.3 Å². The first-order chi connectivity index (χ1) is 8.15. The van der Waals surface area contributed by atoms with E-state index in [2.05, 4.69) is 20.4 Å². The van der Waals surface area contributed by atoms with E-state index in [1.54, 1.807) is 36.2 Å². The molecule has 2 aromatic rings. The first kappa shape index (κ1) is 11.7. The molecule has 2 rings (SSSR count). The van der Waals surface area contributed by atoms with E-state index in [0.29, 0.717) is 24.6 Å². The molecule has 0 saturated carbocycles. The summed E-state index contributed by atoms with van der Waals surface area (Å²) < 4.78 is 1.55. The molecule has 6 nitrogen and oxygen atoms in total. The van der Waals surface area contributed by atoms with Crippen molar-refractivity contribution in [2.75, 3.05) is 5.32 Å². The molecule has 0 fully saturated rings. The van der Waals surface area contributed by atoms with E-state index in [1.165, 1.54) is 0 Å². The normalized spacial score (nSPS) is 10.5. The zero-order valence-electron chi connectivity index (χ0n) is 9.67. The molecule has 0 radical (unpaired) electrons. The third-order valence-electron chi connectivity index (χ3n) is 2.17. The fraction of sp³-hybridized carbons (Fsp3) is 0.400. The first-order valence-electron chi connectivity index (χ1n) is 5.21. The Hall–Kier alpha value is -1.76. The number of thiazole rings is 1. The van der Waals surface area contributed by atoms with Gasteiger partial charge >= 0.3 is 0 Å². The number of aryl methyl sites for hydroxylation is 3. The molecule has 0 aliphatic rings. The average molecular weight is 251 g/mol. The second-order valence-corrected chi connectivity index (χ2v) is 4.56. The van der Waals surface area contributed by atoms with E-state index < -0.39 is 0 Å². The van der Waals surface area contributed by atoms with E-state index in [4.69, 9.17) is 0 Å². The van der Waals surface area contributed by atoms with Crippen LogP contribution < -0.4 is 5.32 Å². The summed E-state index contributed by atoms with van der Waals surface area (Å²) in [6.07, 6.45) is 2.80. The maximum Gasteiger partial charge on any atom is 0.227 e. The lowest BCUT2D eigenvalue weighted by Gasteiger charge is -2.02. The predicted octanol–water partition coefficient (Wildman–Crippen LogP) is 1.15. The number of hydrogen-bond acceptors (Lipinski definition) is 5. The van der Waals surface area contributed by atoms with Gasteiger partial charge in [0.2, 0.25) is 11.9 Å². The molecule has 0 saturated heterocycles. The Labute approximate surface area is 103 Å². The van der Waals surface area contributed by atoms with Crippen LogP contribution in [0.25, 0.3) is 0 Å². The van der Waals surface area contributed by atoms with Crippen molar-refractivity contribution in [1.82, 2.24) is 19.7 Å². The number of nitrogens with one attached hydrogen (secondary N) is 1. The van der Waals surface area contributed by atoms with E-state index in [1.807, 2.05) is 5.38 Å². The molecule has 0 unspecified atom stereocenters. The molecule has 1 amide bonds. The van der Waals surface area contributed by atoms with E-state index >= 15 is 0 Å². The van der Waals surface area contributed by atoms with Crippen molar-refractivity contribution < 1.29 is 4.79 Å². The highest BCUT2D eigenvalue weighted by molar-refractivity contribution is 7.09. The number of amides is 1. The van der Waals surface area contributed by atoms with Gasteiger partial charge in [-0.05, 0) is 6.92 Å². The summed E-state index contributed by atoms with van der Waals surface area (Å²) in [5.74, 6) is 1.05. The van der Waals surface area contributed by atoms with Crippen LogP contribution in [0.1, 0.15) is 17.3 Å². The van der Waals surface area contributed by atoms with Crippen molar-refractivity contribution >= 4 is 23.2 Å². The van der Waals surface area contributed by atoms with Gasteiger partial charge in [0.15, 0.2) is 0 Å². The van der Waals surface area contributed by atoms with Crippen molar-refractivity contribution in [1.29, 1.82) is 0 Å². The van der Waals surface area contributed by atoms with Gasteiger partial charge in [-0.2, -0.15) is 10.1 Å². The van der Waals surface area contributed by atoms with Crippen molar-refractivity contribution in [2.24, 2.45) is 7.05 Å². The SMILES string of the molecule is Cc1nc(NC(=O)CCc2nccs2)n(C)n1. The Bertz CT molecular complexity index is 505. The number of rotatable bonds is 4. The van der Waals surface area contributed by atoms with Gasteiger partial charge in [-0.3, -0.25) is 10.1 Å². The number of hydrogen-bond donors (Lipinski definition) is 1. The minimum absolute atomic E-state index is 0.0734. The molecule has 7 heteroatoms. The molecular formula is C10H13N5OS. The molecule has 17 heavy (non-hydrogen) atoms. The largest absolute Gasteiger partial charge is 0.295 e. The monoisotopic (exact) mass is 251 g/mol. The summed E-state index contributed by atoms with van der Waals surface area (Å²) >= 11 is 1.55. The van der Waals surface area contributed by atoms with Crippen LogP contribution in [0.4, 0.5) is 5.95 Å². The lowest BCUT2D eigenvalue weighted by molar-refractivity contribution is -0.116. The van der Waals surface area contributed by atoms with Crippen LogP contribution in [0, 0.1) is 6.92 Å². The molecule has 0 bridgehead atoms. The molecule has 0 aliphatic carbocycles. The topological polar surface area (TPSA) is 72.7 Å². The first-order valence-corrected chi connectivity index (χ1v) is 6.09. The van der Waals surface area contributed by atoms with Gasteiger partial charge in [0.05, 0.1) is 5.01 Å². The van der Waals surface area contributed by atoms with Crippen LogP contribution in [0.2, 0.25) is 0 Å². The van der Waals surface area contributed by atoms with Crippen LogP contribution in [-0.4, -0.2) is 25.7 Å². The zero-order chi connectivity index (χ0) is 12.3. The lowest BCUT2D eigenvalue weighted by atomic mass is 10.3. The fourth-order valence-corrected chi connectivity index (χ4v) is 2.03. The molecule has 1 N–H and O–H groups in total. The number of carbonyl (C=O) groups excluding carboxylic acids is 1. The summed E-state index contributed by atoms with van der Waals surface area (Å²) in [7, 11) is 1.75. The molecule has 2 aromatic heterocycles. The molecular weight excluding hydrogens is 238 g/mol. The third-order valence-corrected chi connectivity index (χ3v) is 3.01. The number of nitrogens with zero attached hydrogens (tertiary/aromatic N) is 4. The highest BCUT2D eigenvalue weighted by atomic mass is 32.1. The van der Waals surface area contributed by atoms with Gasteiger partial charge in [-0.15, -0.1) is 11.3 Å². The van der Waals surface area contributed by atoms with Gasteiger partial charge < -0.3 is 0 Å². The Morgan fingerprint density at radius 1 is 1.59 bits per heavy atom. The Balaban J connectivity index is 1.87. The van der Waals surface area contributed by atoms with Crippen LogP contribution in [0.5, 0.6) is 0 Å². The van der Waals surface area contributed by atoms with Crippen molar-refractivity contribution in [3.63, 3.8) is 0 Å². The Kier molecular flexibility index (Phi) is 3.48. The average Bonchev–Trinajstić information content (AvgIpc) is 2.87. The van der Waals surface area contributed by atoms with E-state index in [-0.39, 0.29) is 5.91 Å². The van der Waals surface area contributed by atoms with Crippen molar-refractivity contribution in [3.8, 4) is 0 Å². The Morgan fingerprint density at radius 3 is 3.00 bits per heavy atom. The highest BCUT2D eigenvalue weighted by Gasteiger charge is 2.09. The predicted molar refractivity (Wildman–Crippen MR) is 64.8 cm³/mol. The lowest BCUT2D eigenvalue weighted by Crippen LogP contribution is -2.15. The molecule has 2 heterocycles. The Morgan fingerprint density at radius 2 is 2.41 bits per heavy atom. The third kappa shape index (κ3) is 3.10. The summed E-state index contributed by atoms with van der Waals surface area (Å²) in [6.45, 7) is 1.78. The van der Waals surface area contributed by atoms with Gasteiger partial charge in [-0.1, -0.05) is 0 Å². The summed E-state index contributed by atoms with van der Waals surface area (Å²) in [4.78, 5) is 19.9. The highest BCUT2D eigenvalue weighted by Crippen LogP contribution is 2.08. The second-order valence-electron chi connectivity index (χ2n) is 3.58. The molecule has 0 aliphatic heterocycles. The minimum atomic E-state index is -0.0734. The van der Waals surface area contributed by atoms with Gasteiger partial charge in [0, 0.05) is 31.5 Å². The maximum absolute atomic E-state index is 11.7. The molecule has 0 aromatic carbocycles. The van der Waals surface area contributed by atoms with Crippen LogP contribution >= 0.6 is 11.3 Å². The molecule has 0 atom stereocenters. The molecule has 0 spiro atoms. The van der Waals surface area contributed by atoms with Crippen LogP contribution in [0.3, 0.4) is 0 Å². The van der Waals surface area contributed by atoms with E-state index in [0.717, 1.165) is 5.01 Å². The number of aromatic nitrogens is 4. The second kappa shape index (κ2) is 5.05. The van der Waals surface area contributed by atoms with E-state index in [9.17, 15) is 4.79 Å². The quantitative estimate of drug-likeness (QED) is 0.884. The maximum atomic E-state index is 11.7. The number of anilines is 1. The summed E-state index contributed by atoms with van der Waals surface area (Å²) in [5, 5.41) is 9.64. The minimum Gasteiger partial charge on any atom is -0.295 e. The number of carbonyl (C=O) groups is 1. The van der Waals surface area contributed by atoms with Gasteiger partial charge in [0.25, 0.3) is 0 Å². The zero-order valence-corrected chi connectivity index (χ0v) is 10.5. The van der Waals surface area contributed by atoms with Gasteiger partial charge in [-0.25, -0.2) is 9.67 Å².